The third-order valence-corrected chi connectivity index (χ3v) is 16.0. The van der Waals surface area contributed by atoms with E-state index in [2.05, 4.69) is 190 Å². The van der Waals surface area contributed by atoms with Crippen LogP contribution in [0.15, 0.2) is 173 Å². The van der Waals surface area contributed by atoms with Crippen molar-refractivity contribution in [2.45, 2.75) is 85.8 Å². The number of aryl methyl sites for hydroxylation is 1. The van der Waals surface area contributed by atoms with Crippen LogP contribution in [0.5, 0.6) is 0 Å². The molecule has 5 heterocycles. The van der Waals surface area contributed by atoms with E-state index in [4.69, 9.17) is 20.2 Å². The topological polar surface area (TPSA) is 69.9 Å². The van der Waals surface area contributed by atoms with E-state index in [-0.39, 0.29) is 31.9 Å². The Hall–Kier alpha value is -7.22. The Labute approximate surface area is 450 Å². The molecule has 12 aromatic rings. The summed E-state index contributed by atoms with van der Waals surface area (Å²) in [4.78, 5) is 14.6. The van der Waals surface area contributed by atoms with Gasteiger partial charge in [0.25, 0.3) is 0 Å². The number of imidazole rings is 1. The fraction of sp³-hybridized carbons (Fsp3) is 0.197. The molecule has 0 amide bonds. The van der Waals surface area contributed by atoms with Crippen molar-refractivity contribution < 1.29 is 30.3 Å². The van der Waals surface area contributed by atoms with Gasteiger partial charge in [0, 0.05) is 49.8 Å². The number of aromatic nitrogens is 4. The smallest absolute Gasteiger partial charge is 0.216 e. The molecule has 8 heteroatoms. The van der Waals surface area contributed by atoms with Crippen molar-refractivity contribution in [1.82, 2.24) is 19.5 Å². The Morgan fingerprint density at radius 2 is 1.16 bits per heavy atom. The van der Waals surface area contributed by atoms with Crippen LogP contribution in [0.4, 0.5) is 0 Å². The third-order valence-electron chi connectivity index (χ3n) is 14.0. The molecule has 0 aliphatic heterocycles. The Kier molecular flexibility index (Phi) is 13.4. The molecule has 74 heavy (non-hydrogen) atoms. The van der Waals surface area contributed by atoms with Gasteiger partial charge in [0.1, 0.15) is 5.58 Å². The molecule has 0 spiro atoms. The zero-order chi connectivity index (χ0) is 51.6. The van der Waals surface area contributed by atoms with Gasteiger partial charge < -0.3 is 18.4 Å². The Bertz CT molecular complexity index is 4040. The van der Waals surface area contributed by atoms with E-state index < -0.39 is 14.0 Å². The second-order valence-corrected chi connectivity index (χ2v) is 26.1. The van der Waals surface area contributed by atoms with Gasteiger partial charge in [-0.3, -0.25) is 4.98 Å². The maximum absolute atomic E-state index is 8.68. The maximum atomic E-state index is 8.68. The number of pyridine rings is 2. The van der Waals surface area contributed by atoms with Gasteiger partial charge in [-0.05, 0) is 111 Å². The van der Waals surface area contributed by atoms with Crippen LogP contribution < -0.4 is 5.19 Å². The molecule has 0 aliphatic rings. The van der Waals surface area contributed by atoms with Crippen LogP contribution in [0, 0.1) is 19.1 Å². The van der Waals surface area contributed by atoms with Crippen LogP contribution in [0.25, 0.3) is 106 Å². The molecule has 0 aliphatic carbocycles. The zero-order valence-corrected chi connectivity index (χ0v) is 47.1. The first-order valence-electron chi connectivity index (χ1n) is 25.9. The number of hydrogen-bond acceptors (Lipinski definition) is 5. The van der Waals surface area contributed by atoms with E-state index in [9.17, 15) is 0 Å². The normalized spacial score (nSPS) is 12.2. The number of fused-ring (bicyclic) bond motifs is 7. The molecule has 0 atom stereocenters. The summed E-state index contributed by atoms with van der Waals surface area (Å²) < 4.78 is 23.9. The Balaban J connectivity index is 0.000000190. The van der Waals surface area contributed by atoms with Crippen LogP contribution in [0.2, 0.25) is 19.6 Å². The van der Waals surface area contributed by atoms with E-state index in [1.54, 1.807) is 0 Å². The second-order valence-electron chi connectivity index (χ2n) is 21.1. The summed E-state index contributed by atoms with van der Waals surface area (Å²) in [6.45, 7) is 21.8. The molecule has 0 fully saturated rings. The van der Waals surface area contributed by atoms with Crippen LogP contribution >= 0.6 is 0 Å². The fourth-order valence-electron chi connectivity index (χ4n) is 10.3. The number of benzene rings is 7. The van der Waals surface area contributed by atoms with Gasteiger partial charge in [-0.2, -0.15) is 0 Å². The summed E-state index contributed by atoms with van der Waals surface area (Å²) in [7, 11) is -1.62. The molecule has 12 rings (SSSR count). The molecule has 0 N–H and O–H groups in total. The van der Waals surface area contributed by atoms with E-state index in [1.165, 1.54) is 38.7 Å². The molecule has 371 valence electrons. The Morgan fingerprint density at radius 1 is 0.568 bits per heavy atom. The van der Waals surface area contributed by atoms with Crippen molar-refractivity contribution in [3.63, 3.8) is 0 Å². The molecule has 6 nitrogen and oxygen atoms in total. The minimum Gasteiger partial charge on any atom is -0.501 e. The molecule has 0 saturated heterocycles. The summed E-state index contributed by atoms with van der Waals surface area (Å²) in [6.07, 6.45) is 1.96. The van der Waals surface area contributed by atoms with Crippen molar-refractivity contribution in [2.75, 3.05) is 0 Å². The summed E-state index contributed by atoms with van der Waals surface area (Å²) >= 11 is 0. The molecule has 0 saturated carbocycles. The van der Waals surface area contributed by atoms with E-state index in [1.807, 2.05) is 63.4 Å². The first kappa shape index (κ1) is 49.0. The quantitative estimate of drug-likeness (QED) is 0.106. The molecule has 7 aromatic carbocycles. The SMILES string of the molecule is CC(C)c1cc(-c2ccccc2)cc(C(C)C)c1-n1c(-c2[c-]ccc3c2oc2cc(-c4ccccc4)ccc23)nc2ccccc21.[2H]C(C)(C)c1cc(-c2[c-]ccc3c2oc2nc(C)ccc23)ncc1[Si](C)(C)C.[Ir]. The molecular formula is C66H60IrN4O2Si-2. The summed E-state index contributed by atoms with van der Waals surface area (Å²) in [6, 6.07) is 61.8. The van der Waals surface area contributed by atoms with Crippen LogP contribution in [0.1, 0.15) is 83.0 Å². The van der Waals surface area contributed by atoms with Crippen LogP contribution in [0.3, 0.4) is 0 Å². The van der Waals surface area contributed by atoms with Gasteiger partial charge in [-0.25, -0.2) is 4.98 Å². The molecule has 0 unspecified atom stereocenters. The summed E-state index contributed by atoms with van der Waals surface area (Å²) in [5, 5.41) is 5.39. The molecule has 1 radical (unpaired) electrons. The fourth-order valence-corrected chi connectivity index (χ4v) is 11.8. The van der Waals surface area contributed by atoms with Gasteiger partial charge in [-0.15, -0.1) is 36.4 Å². The average Bonchev–Trinajstić information content (AvgIpc) is 4.11. The van der Waals surface area contributed by atoms with Crippen molar-refractivity contribution in [2.24, 2.45) is 0 Å². The number of nitrogens with zero attached hydrogens (tertiary/aromatic N) is 4. The first-order valence-corrected chi connectivity index (χ1v) is 28.9. The Morgan fingerprint density at radius 3 is 1.81 bits per heavy atom. The monoisotopic (exact) mass is 1160 g/mol. The minimum atomic E-state index is -1.62. The molecule has 5 aromatic heterocycles. The minimum absolute atomic E-state index is 0. The summed E-state index contributed by atoms with van der Waals surface area (Å²) in [5.41, 5.74) is 18.0. The van der Waals surface area contributed by atoms with Crippen molar-refractivity contribution in [3.05, 3.63) is 198 Å². The second kappa shape index (κ2) is 20.2. The van der Waals surface area contributed by atoms with Crippen LogP contribution in [-0.2, 0) is 20.1 Å². The van der Waals surface area contributed by atoms with Gasteiger partial charge in [0.15, 0.2) is 0 Å². The zero-order valence-electron chi connectivity index (χ0n) is 44.7. The molecule has 0 bridgehead atoms. The number of furan rings is 2. The summed E-state index contributed by atoms with van der Waals surface area (Å²) in [5.74, 6) is 0.707. The van der Waals surface area contributed by atoms with E-state index >= 15 is 0 Å². The number of hydrogen-bond donors (Lipinski definition) is 0. The van der Waals surface area contributed by atoms with Crippen molar-refractivity contribution >= 4 is 68.3 Å². The predicted molar refractivity (Wildman–Crippen MR) is 307 cm³/mol. The van der Waals surface area contributed by atoms with Gasteiger partial charge in [0.05, 0.1) is 36.1 Å². The van der Waals surface area contributed by atoms with E-state index in [0.29, 0.717) is 5.71 Å². The van der Waals surface area contributed by atoms with Gasteiger partial charge >= 0.3 is 0 Å². The number of para-hydroxylation sites is 2. The third kappa shape index (κ3) is 9.25. The van der Waals surface area contributed by atoms with Gasteiger partial charge in [0.2, 0.25) is 5.71 Å². The standard InChI is InChI=1S/C43H35N2O.C23H25N2OSi.Ir/c1-27(2)36-24-32(30-16-9-6-10-17-30)25-37(28(3)4)41(36)45-39-21-12-11-20-38(39)44-43(45)35-19-13-18-34-33-23-22-31(26-40(33)46-42(34)35)29-14-7-5-8-15-29;1-14(2)19-12-20(24-13-21(19)27(4,5)6)18-9-7-8-16-17-11-10-15(3)25-23(17)26-22(16)18;/h5-18,20-28H,1-4H3;7-8,10-14H,1-6H3;/q2*-1;/i;14D;. The van der Waals surface area contributed by atoms with Gasteiger partial charge in [-0.1, -0.05) is 180 Å². The van der Waals surface area contributed by atoms with Crippen LogP contribution in [-0.4, -0.2) is 27.6 Å². The largest absolute Gasteiger partial charge is 0.501 e. The van der Waals surface area contributed by atoms with Crippen molar-refractivity contribution in [1.29, 1.82) is 0 Å². The maximum Gasteiger partial charge on any atom is 0.216 e. The van der Waals surface area contributed by atoms with Crippen molar-refractivity contribution in [3.8, 4) is 50.6 Å². The first-order chi connectivity index (χ1) is 35.5. The predicted octanol–water partition coefficient (Wildman–Crippen LogP) is 17.8. The number of rotatable bonds is 9. The average molecular weight is 1160 g/mol. The molecular weight excluding hydrogens is 1100 g/mol. The van der Waals surface area contributed by atoms with E-state index in [0.717, 1.165) is 88.8 Å².